The number of aryl methyl sites for hydroxylation is 2. The number of sulfonamides is 1. The normalized spacial score (nSPS) is 11.7. The first-order valence-corrected chi connectivity index (χ1v) is 7.65. The molecule has 0 atom stereocenters. The Hall–Kier alpha value is -0.930. The summed E-state index contributed by atoms with van der Waals surface area (Å²) in [6.07, 6.45) is 1.23. The number of H-pyrrole nitrogens is 1. The molecule has 0 aliphatic carbocycles. The number of aromatic amines is 1. The van der Waals surface area contributed by atoms with Gasteiger partial charge in [-0.2, -0.15) is 10.1 Å². The fourth-order valence-corrected chi connectivity index (χ4v) is 5.27. The Morgan fingerprint density at radius 3 is 2.59 bits per heavy atom. The van der Waals surface area contributed by atoms with Gasteiger partial charge >= 0.3 is 0 Å². The highest BCUT2D eigenvalue weighted by atomic mass is 79.9. The molecule has 0 radical (unpaired) electrons. The van der Waals surface area contributed by atoms with Crippen molar-refractivity contribution in [3.63, 3.8) is 0 Å². The van der Waals surface area contributed by atoms with E-state index in [-0.39, 0.29) is 10.8 Å². The van der Waals surface area contributed by atoms with Crippen LogP contribution < -0.4 is 4.72 Å². The first-order chi connectivity index (χ1) is 7.92. The molecular weight excluding hydrogens is 328 g/mol. The van der Waals surface area contributed by atoms with Gasteiger partial charge in [-0.25, -0.2) is 18.2 Å². The van der Waals surface area contributed by atoms with Crippen molar-refractivity contribution in [1.29, 1.82) is 0 Å². The lowest BCUT2D eigenvalue weighted by atomic mass is 10.4. The molecule has 0 aliphatic heterocycles. The maximum absolute atomic E-state index is 12.1. The predicted octanol–water partition coefficient (Wildman–Crippen LogP) is 2.05. The molecule has 2 N–H and O–H groups in total. The molecule has 0 aliphatic rings. The van der Waals surface area contributed by atoms with Gasteiger partial charge in [0.1, 0.15) is 11.2 Å². The van der Waals surface area contributed by atoms with E-state index in [1.165, 1.54) is 17.7 Å². The third-order valence-corrected chi connectivity index (χ3v) is 6.23. The Balaban J connectivity index is 2.45. The van der Waals surface area contributed by atoms with Gasteiger partial charge in [-0.15, -0.1) is 11.3 Å². The van der Waals surface area contributed by atoms with Gasteiger partial charge in [-0.05, 0) is 29.8 Å². The molecule has 0 saturated carbocycles. The molecule has 92 valence electrons. The monoisotopic (exact) mass is 336 g/mol. The highest BCUT2D eigenvalue weighted by Gasteiger charge is 2.24. The van der Waals surface area contributed by atoms with Crippen molar-refractivity contribution in [1.82, 2.24) is 15.2 Å². The van der Waals surface area contributed by atoms with E-state index >= 15 is 0 Å². The van der Waals surface area contributed by atoms with E-state index in [9.17, 15) is 8.42 Å². The molecule has 6 nitrogen and oxygen atoms in total. The van der Waals surface area contributed by atoms with Crippen LogP contribution in [-0.4, -0.2) is 23.6 Å². The molecule has 2 aromatic rings. The van der Waals surface area contributed by atoms with Crippen LogP contribution in [-0.2, 0) is 10.0 Å². The first kappa shape index (κ1) is 12.5. The third kappa shape index (κ3) is 2.35. The highest BCUT2D eigenvalue weighted by molar-refractivity contribution is 9.10. The second kappa shape index (κ2) is 4.39. The SMILES string of the molecule is Cc1sc(C)c(S(=O)(=O)Nc2ncn[nH]2)c1Br. The Bertz CT molecular complexity index is 633. The summed E-state index contributed by atoms with van der Waals surface area (Å²) in [6, 6.07) is 0. The largest absolute Gasteiger partial charge is 0.266 e. The molecule has 0 aromatic carbocycles. The third-order valence-electron chi connectivity index (χ3n) is 2.05. The Labute approximate surface area is 111 Å². The van der Waals surface area contributed by atoms with Crippen molar-refractivity contribution in [2.24, 2.45) is 0 Å². The van der Waals surface area contributed by atoms with Crippen molar-refractivity contribution in [2.75, 3.05) is 4.72 Å². The van der Waals surface area contributed by atoms with Crippen LogP contribution in [0.3, 0.4) is 0 Å². The zero-order valence-electron chi connectivity index (χ0n) is 8.98. The van der Waals surface area contributed by atoms with E-state index in [1.54, 1.807) is 6.92 Å². The minimum atomic E-state index is -3.64. The van der Waals surface area contributed by atoms with Crippen LogP contribution in [0, 0.1) is 13.8 Å². The van der Waals surface area contributed by atoms with Crippen LogP contribution in [0.2, 0.25) is 0 Å². The summed E-state index contributed by atoms with van der Waals surface area (Å²) in [5.41, 5.74) is 0. The summed E-state index contributed by atoms with van der Waals surface area (Å²) in [7, 11) is -3.64. The maximum atomic E-state index is 12.1. The lowest BCUT2D eigenvalue weighted by Crippen LogP contribution is -2.14. The summed E-state index contributed by atoms with van der Waals surface area (Å²) >= 11 is 4.71. The zero-order valence-corrected chi connectivity index (χ0v) is 12.2. The van der Waals surface area contributed by atoms with Crippen LogP contribution in [0.4, 0.5) is 5.95 Å². The van der Waals surface area contributed by atoms with Gasteiger partial charge in [0.25, 0.3) is 10.0 Å². The Morgan fingerprint density at radius 1 is 1.41 bits per heavy atom. The predicted molar refractivity (Wildman–Crippen MR) is 68.7 cm³/mol. The fourth-order valence-electron chi connectivity index (χ4n) is 1.38. The molecule has 0 saturated heterocycles. The van der Waals surface area contributed by atoms with Crippen molar-refractivity contribution in [3.8, 4) is 0 Å². The van der Waals surface area contributed by atoms with Gasteiger partial charge in [-0.3, -0.25) is 0 Å². The Morgan fingerprint density at radius 2 is 2.12 bits per heavy atom. The average molecular weight is 337 g/mol. The molecule has 0 bridgehead atoms. The maximum Gasteiger partial charge on any atom is 0.266 e. The summed E-state index contributed by atoms with van der Waals surface area (Å²) in [4.78, 5) is 5.61. The van der Waals surface area contributed by atoms with E-state index in [2.05, 4.69) is 35.8 Å². The van der Waals surface area contributed by atoms with Gasteiger partial charge < -0.3 is 0 Å². The number of anilines is 1. The average Bonchev–Trinajstić information content (AvgIpc) is 2.76. The number of nitrogens with zero attached hydrogens (tertiary/aromatic N) is 2. The van der Waals surface area contributed by atoms with E-state index in [4.69, 9.17) is 0 Å². The molecule has 2 rings (SSSR count). The standard InChI is InChI=1S/C8H9BrN4O2S2/c1-4-6(9)7(5(2)16-4)17(14,15)13-8-10-3-11-12-8/h3H,1-2H3,(H2,10,11,12,13). The molecular formula is C8H9BrN4O2S2. The highest BCUT2D eigenvalue weighted by Crippen LogP contribution is 2.35. The van der Waals surface area contributed by atoms with Crippen molar-refractivity contribution < 1.29 is 8.42 Å². The zero-order chi connectivity index (χ0) is 12.6. The molecule has 0 spiro atoms. The lowest BCUT2D eigenvalue weighted by Gasteiger charge is -2.05. The van der Waals surface area contributed by atoms with Gasteiger partial charge in [0.15, 0.2) is 0 Å². The van der Waals surface area contributed by atoms with Crippen molar-refractivity contribution in [3.05, 3.63) is 20.6 Å². The van der Waals surface area contributed by atoms with Crippen LogP contribution in [0.25, 0.3) is 0 Å². The molecule has 0 amide bonds. The number of hydrogen-bond donors (Lipinski definition) is 2. The fraction of sp³-hybridized carbons (Fsp3) is 0.250. The minimum absolute atomic E-state index is 0.0974. The number of nitrogens with one attached hydrogen (secondary N) is 2. The molecule has 9 heteroatoms. The quantitative estimate of drug-likeness (QED) is 0.897. The van der Waals surface area contributed by atoms with E-state index < -0.39 is 10.0 Å². The van der Waals surface area contributed by atoms with Crippen LogP contribution in [0.15, 0.2) is 15.7 Å². The van der Waals surface area contributed by atoms with Gasteiger partial charge in [0.2, 0.25) is 5.95 Å². The topological polar surface area (TPSA) is 87.7 Å². The summed E-state index contributed by atoms with van der Waals surface area (Å²) in [5, 5.41) is 6.02. The van der Waals surface area contributed by atoms with Gasteiger partial charge in [0, 0.05) is 9.75 Å². The minimum Gasteiger partial charge on any atom is -0.248 e. The molecule has 0 unspecified atom stereocenters. The second-order valence-electron chi connectivity index (χ2n) is 3.30. The Kier molecular flexibility index (Phi) is 3.23. The summed E-state index contributed by atoms with van der Waals surface area (Å²) in [6.45, 7) is 3.62. The van der Waals surface area contributed by atoms with Crippen LogP contribution >= 0.6 is 27.3 Å². The lowest BCUT2D eigenvalue weighted by molar-refractivity contribution is 0.600. The van der Waals surface area contributed by atoms with Crippen molar-refractivity contribution in [2.45, 2.75) is 18.7 Å². The van der Waals surface area contributed by atoms with Gasteiger partial charge in [-0.1, -0.05) is 0 Å². The van der Waals surface area contributed by atoms with E-state index in [0.29, 0.717) is 4.47 Å². The van der Waals surface area contributed by atoms with Crippen LogP contribution in [0.1, 0.15) is 9.75 Å². The molecule has 0 fully saturated rings. The van der Waals surface area contributed by atoms with Crippen molar-refractivity contribution >= 4 is 43.2 Å². The number of rotatable bonds is 3. The number of aromatic nitrogens is 3. The van der Waals surface area contributed by atoms with Crippen LogP contribution in [0.5, 0.6) is 0 Å². The van der Waals surface area contributed by atoms with E-state index in [1.807, 2.05) is 6.92 Å². The number of thiophene rings is 1. The first-order valence-electron chi connectivity index (χ1n) is 4.55. The number of halogens is 1. The number of hydrogen-bond acceptors (Lipinski definition) is 5. The second-order valence-corrected chi connectivity index (χ2v) is 7.14. The molecule has 2 aromatic heterocycles. The summed E-state index contributed by atoms with van der Waals surface area (Å²) < 4.78 is 27.2. The molecule has 17 heavy (non-hydrogen) atoms. The van der Waals surface area contributed by atoms with Gasteiger partial charge in [0.05, 0.1) is 4.47 Å². The van der Waals surface area contributed by atoms with E-state index in [0.717, 1.165) is 9.75 Å². The smallest absolute Gasteiger partial charge is 0.248 e. The molecule has 2 heterocycles. The summed E-state index contributed by atoms with van der Waals surface area (Å²) in [5.74, 6) is 0.0974.